The average molecular weight is 251 g/mol. The third-order valence-corrected chi connectivity index (χ3v) is 2.95. The Labute approximate surface area is 106 Å². The molecule has 0 aliphatic heterocycles. The highest BCUT2D eigenvalue weighted by Gasteiger charge is 2.06. The molecule has 0 aliphatic rings. The molecule has 90 valence electrons. The number of anilines is 1. The van der Waals surface area contributed by atoms with Crippen LogP contribution in [-0.4, -0.2) is 21.8 Å². The average Bonchev–Trinajstić information content (AvgIpc) is 2.67. The van der Waals surface area contributed by atoms with E-state index in [1.165, 1.54) is 5.56 Å². The van der Waals surface area contributed by atoms with Crippen LogP contribution in [0.3, 0.4) is 0 Å². The molecule has 2 aromatic rings. The predicted molar refractivity (Wildman–Crippen MR) is 69.4 cm³/mol. The van der Waals surface area contributed by atoms with Crippen LogP contribution in [-0.2, 0) is 19.9 Å². The summed E-state index contributed by atoms with van der Waals surface area (Å²) < 4.78 is 1.96. The summed E-state index contributed by atoms with van der Waals surface area (Å²) in [5, 5.41) is 11.9. The largest absolute Gasteiger partial charge is 0.357 e. The Morgan fingerprint density at radius 1 is 1.29 bits per heavy atom. The number of nitrogens with zero attached hydrogens (tertiary/aromatic N) is 3. The van der Waals surface area contributed by atoms with Gasteiger partial charge in [0.15, 0.2) is 0 Å². The minimum atomic E-state index is 0.774. The summed E-state index contributed by atoms with van der Waals surface area (Å²) in [4.78, 5) is 0. The molecule has 4 nitrogen and oxygen atoms in total. The van der Waals surface area contributed by atoms with E-state index in [0.29, 0.717) is 0 Å². The van der Waals surface area contributed by atoms with Crippen LogP contribution in [0.25, 0.3) is 0 Å². The van der Waals surface area contributed by atoms with Crippen LogP contribution < -0.4 is 5.32 Å². The van der Waals surface area contributed by atoms with Gasteiger partial charge in [-0.2, -0.15) is 0 Å². The summed E-state index contributed by atoms with van der Waals surface area (Å²) in [6.07, 6.45) is 1.77. The van der Waals surface area contributed by atoms with Crippen molar-refractivity contribution in [2.45, 2.75) is 12.8 Å². The maximum Gasteiger partial charge on any atom is 0.224 e. The molecule has 17 heavy (non-hydrogen) atoms. The Balaban J connectivity index is 2.05. The maximum absolute atomic E-state index is 5.94. The molecule has 1 aromatic carbocycles. The summed E-state index contributed by atoms with van der Waals surface area (Å²) in [5.41, 5.74) is 1.21. The SMILES string of the molecule is CNc1nnc(CCc2cccc(Cl)c2)n1C. The number of hydrogen-bond donors (Lipinski definition) is 1. The highest BCUT2D eigenvalue weighted by molar-refractivity contribution is 6.30. The van der Waals surface area contributed by atoms with Gasteiger partial charge in [0.05, 0.1) is 0 Å². The number of benzene rings is 1. The van der Waals surface area contributed by atoms with E-state index in [9.17, 15) is 0 Å². The van der Waals surface area contributed by atoms with Crippen LogP contribution in [0, 0.1) is 0 Å². The smallest absolute Gasteiger partial charge is 0.224 e. The van der Waals surface area contributed by atoms with Gasteiger partial charge in [0, 0.05) is 25.5 Å². The molecule has 1 aromatic heterocycles. The highest BCUT2D eigenvalue weighted by Crippen LogP contribution is 2.13. The molecule has 1 heterocycles. The topological polar surface area (TPSA) is 42.7 Å². The lowest BCUT2D eigenvalue weighted by molar-refractivity contribution is 0.772. The highest BCUT2D eigenvalue weighted by atomic mass is 35.5. The Kier molecular flexibility index (Phi) is 3.64. The van der Waals surface area contributed by atoms with Crippen molar-refractivity contribution >= 4 is 17.5 Å². The first-order valence-corrected chi connectivity index (χ1v) is 5.89. The lowest BCUT2D eigenvalue weighted by atomic mass is 10.1. The molecule has 5 heteroatoms. The Bertz CT molecular complexity index is 507. The molecule has 0 radical (unpaired) electrons. The van der Waals surface area contributed by atoms with Crippen molar-refractivity contribution < 1.29 is 0 Å². The van der Waals surface area contributed by atoms with Crippen LogP contribution >= 0.6 is 11.6 Å². The zero-order valence-electron chi connectivity index (χ0n) is 9.94. The van der Waals surface area contributed by atoms with Crippen molar-refractivity contribution in [2.24, 2.45) is 7.05 Å². The first-order valence-electron chi connectivity index (χ1n) is 5.51. The van der Waals surface area contributed by atoms with E-state index in [0.717, 1.165) is 29.6 Å². The van der Waals surface area contributed by atoms with Gasteiger partial charge in [-0.15, -0.1) is 10.2 Å². The summed E-state index contributed by atoms with van der Waals surface area (Å²) >= 11 is 5.94. The fourth-order valence-corrected chi connectivity index (χ4v) is 1.96. The maximum atomic E-state index is 5.94. The van der Waals surface area contributed by atoms with Crippen molar-refractivity contribution in [3.8, 4) is 0 Å². The lowest BCUT2D eigenvalue weighted by Gasteiger charge is -2.03. The fraction of sp³-hybridized carbons (Fsp3) is 0.333. The molecule has 1 N–H and O–H groups in total. The molecule has 0 atom stereocenters. The third-order valence-electron chi connectivity index (χ3n) is 2.71. The molecule has 2 rings (SSSR count). The number of halogens is 1. The van der Waals surface area contributed by atoms with E-state index in [2.05, 4.69) is 21.6 Å². The number of hydrogen-bond acceptors (Lipinski definition) is 3. The van der Waals surface area contributed by atoms with Gasteiger partial charge >= 0.3 is 0 Å². The second-order valence-corrected chi connectivity index (χ2v) is 4.32. The van der Waals surface area contributed by atoms with Gasteiger partial charge in [-0.1, -0.05) is 23.7 Å². The molecule has 0 aliphatic carbocycles. The monoisotopic (exact) mass is 250 g/mol. The molecule has 0 saturated heterocycles. The van der Waals surface area contributed by atoms with Gasteiger partial charge in [-0.3, -0.25) is 0 Å². The molecule has 0 saturated carbocycles. The summed E-state index contributed by atoms with van der Waals surface area (Å²) in [6, 6.07) is 7.90. The van der Waals surface area contributed by atoms with E-state index in [1.807, 2.05) is 36.9 Å². The molecular formula is C12H15ClN4. The van der Waals surface area contributed by atoms with Crippen LogP contribution in [0.2, 0.25) is 5.02 Å². The van der Waals surface area contributed by atoms with Crippen molar-refractivity contribution in [3.05, 3.63) is 40.7 Å². The summed E-state index contributed by atoms with van der Waals surface area (Å²) in [7, 11) is 3.80. The van der Waals surface area contributed by atoms with E-state index in [1.54, 1.807) is 0 Å². The van der Waals surface area contributed by atoms with Crippen molar-refractivity contribution in [1.82, 2.24) is 14.8 Å². The van der Waals surface area contributed by atoms with Gasteiger partial charge in [0.25, 0.3) is 0 Å². The van der Waals surface area contributed by atoms with Crippen LogP contribution in [0.15, 0.2) is 24.3 Å². The Hall–Kier alpha value is -1.55. The van der Waals surface area contributed by atoms with Crippen LogP contribution in [0.5, 0.6) is 0 Å². The first-order chi connectivity index (χ1) is 8.20. The van der Waals surface area contributed by atoms with Gasteiger partial charge < -0.3 is 9.88 Å². The van der Waals surface area contributed by atoms with Gasteiger partial charge in [0.1, 0.15) is 5.82 Å². The quantitative estimate of drug-likeness (QED) is 0.906. The predicted octanol–water partition coefficient (Wildman–Crippen LogP) is 2.30. The molecule has 0 unspecified atom stereocenters. The minimum Gasteiger partial charge on any atom is -0.357 e. The molecule has 0 amide bonds. The number of nitrogens with one attached hydrogen (secondary N) is 1. The van der Waals surface area contributed by atoms with E-state index in [-0.39, 0.29) is 0 Å². The Morgan fingerprint density at radius 2 is 2.12 bits per heavy atom. The van der Waals surface area contributed by atoms with Crippen molar-refractivity contribution in [2.75, 3.05) is 12.4 Å². The standard InChI is InChI=1S/C12H15ClN4/c1-14-12-16-15-11(17(12)2)7-6-9-4-3-5-10(13)8-9/h3-5,8H,6-7H2,1-2H3,(H,14,16). The van der Waals surface area contributed by atoms with Gasteiger partial charge in [0.2, 0.25) is 5.95 Å². The second kappa shape index (κ2) is 5.19. The molecular weight excluding hydrogens is 236 g/mol. The number of aryl methyl sites for hydroxylation is 2. The zero-order valence-corrected chi connectivity index (χ0v) is 10.7. The number of aromatic nitrogens is 3. The second-order valence-electron chi connectivity index (χ2n) is 3.88. The number of rotatable bonds is 4. The molecule has 0 fully saturated rings. The van der Waals surface area contributed by atoms with E-state index in [4.69, 9.17) is 11.6 Å². The summed E-state index contributed by atoms with van der Waals surface area (Å²) in [5.74, 6) is 1.75. The van der Waals surface area contributed by atoms with Crippen LogP contribution in [0.4, 0.5) is 5.95 Å². The normalized spacial score (nSPS) is 10.5. The Morgan fingerprint density at radius 3 is 2.76 bits per heavy atom. The van der Waals surface area contributed by atoms with Crippen LogP contribution in [0.1, 0.15) is 11.4 Å². The fourth-order valence-electron chi connectivity index (χ4n) is 1.75. The van der Waals surface area contributed by atoms with Gasteiger partial charge in [-0.05, 0) is 24.1 Å². The van der Waals surface area contributed by atoms with Crippen molar-refractivity contribution in [3.63, 3.8) is 0 Å². The third kappa shape index (κ3) is 2.77. The first kappa shape index (κ1) is 11.9. The summed E-state index contributed by atoms with van der Waals surface area (Å²) in [6.45, 7) is 0. The zero-order chi connectivity index (χ0) is 12.3. The van der Waals surface area contributed by atoms with Gasteiger partial charge in [-0.25, -0.2) is 0 Å². The molecule has 0 spiro atoms. The molecule has 0 bridgehead atoms. The van der Waals surface area contributed by atoms with Crippen molar-refractivity contribution in [1.29, 1.82) is 0 Å². The van der Waals surface area contributed by atoms with E-state index >= 15 is 0 Å². The lowest BCUT2D eigenvalue weighted by Crippen LogP contribution is -2.03. The minimum absolute atomic E-state index is 0.774. The van der Waals surface area contributed by atoms with E-state index < -0.39 is 0 Å².